The van der Waals surface area contributed by atoms with Crippen LogP contribution in [0.25, 0.3) is 10.9 Å². The minimum absolute atomic E-state index is 0.144. The average molecular weight is 383 g/mol. The third kappa shape index (κ3) is 3.36. The maximum Gasteiger partial charge on any atom is 0.241 e. The highest BCUT2D eigenvalue weighted by molar-refractivity contribution is 9.10. The van der Waals surface area contributed by atoms with Crippen molar-refractivity contribution in [3.05, 3.63) is 33.9 Å². The van der Waals surface area contributed by atoms with E-state index in [1.807, 2.05) is 23.1 Å². The van der Waals surface area contributed by atoms with Gasteiger partial charge in [0.2, 0.25) is 5.91 Å². The molecule has 1 saturated heterocycles. The Morgan fingerprint density at radius 2 is 2.09 bits per heavy atom. The second-order valence-corrected chi connectivity index (χ2v) is 6.76. The van der Waals surface area contributed by atoms with Gasteiger partial charge >= 0.3 is 0 Å². The number of halogens is 2. The topological polar surface area (TPSA) is 45.2 Å². The van der Waals surface area contributed by atoms with Gasteiger partial charge < -0.3 is 10.2 Å². The van der Waals surface area contributed by atoms with Gasteiger partial charge in [-0.05, 0) is 37.5 Å². The molecule has 1 aliphatic rings. The van der Waals surface area contributed by atoms with Gasteiger partial charge in [-0.2, -0.15) is 0 Å². The van der Waals surface area contributed by atoms with Gasteiger partial charge in [0, 0.05) is 34.8 Å². The fourth-order valence-electron chi connectivity index (χ4n) is 2.76. The van der Waals surface area contributed by atoms with Crippen LogP contribution in [0.2, 0.25) is 5.02 Å². The van der Waals surface area contributed by atoms with E-state index < -0.39 is 0 Å². The lowest BCUT2D eigenvalue weighted by molar-refractivity contribution is -0.130. The van der Waals surface area contributed by atoms with Crippen LogP contribution in [-0.2, 0) is 4.79 Å². The van der Waals surface area contributed by atoms with Gasteiger partial charge in [0.25, 0.3) is 0 Å². The van der Waals surface area contributed by atoms with E-state index in [9.17, 15) is 4.79 Å². The molecule has 22 heavy (non-hydrogen) atoms. The summed E-state index contributed by atoms with van der Waals surface area (Å²) in [6.07, 6.45) is 5.13. The number of rotatable bonds is 3. The van der Waals surface area contributed by atoms with Crippen LogP contribution in [0.15, 0.2) is 28.9 Å². The van der Waals surface area contributed by atoms with Gasteiger partial charge in [-0.15, -0.1) is 0 Å². The van der Waals surface area contributed by atoms with Gasteiger partial charge in [-0.1, -0.05) is 27.5 Å². The predicted octanol–water partition coefficient (Wildman–Crippen LogP) is 4.08. The summed E-state index contributed by atoms with van der Waals surface area (Å²) in [6.45, 7) is 2.03. The van der Waals surface area contributed by atoms with Gasteiger partial charge in [0.1, 0.15) is 0 Å². The highest BCUT2D eigenvalue weighted by Gasteiger charge is 2.16. The second kappa shape index (κ2) is 6.84. The summed E-state index contributed by atoms with van der Waals surface area (Å²) >= 11 is 9.67. The summed E-state index contributed by atoms with van der Waals surface area (Å²) in [6, 6.07) is 5.65. The number of hydrogen-bond donors (Lipinski definition) is 1. The number of hydrogen-bond acceptors (Lipinski definition) is 3. The molecule has 1 aliphatic heterocycles. The third-order valence-corrected chi connectivity index (χ3v) is 4.65. The van der Waals surface area contributed by atoms with E-state index in [0.717, 1.165) is 47.0 Å². The molecule has 0 saturated carbocycles. The molecule has 0 spiro atoms. The molecule has 1 fully saturated rings. The quantitative estimate of drug-likeness (QED) is 0.870. The van der Waals surface area contributed by atoms with Crippen molar-refractivity contribution in [1.29, 1.82) is 0 Å². The SMILES string of the molecule is O=C(CNc1ccnc2c(Cl)cc(Br)cc12)N1CCCCC1. The third-order valence-electron chi connectivity index (χ3n) is 3.90. The molecule has 1 aromatic carbocycles. The first-order chi connectivity index (χ1) is 10.6. The molecule has 3 rings (SSSR count). The van der Waals surface area contributed by atoms with Gasteiger partial charge in [0.15, 0.2) is 0 Å². The van der Waals surface area contributed by atoms with Crippen molar-refractivity contribution in [2.75, 3.05) is 25.0 Å². The fourth-order valence-corrected chi connectivity index (χ4v) is 3.62. The van der Waals surface area contributed by atoms with Crippen molar-refractivity contribution >= 4 is 50.0 Å². The zero-order valence-corrected chi connectivity index (χ0v) is 14.5. The summed E-state index contributed by atoms with van der Waals surface area (Å²) in [5.41, 5.74) is 1.61. The van der Waals surface area contributed by atoms with E-state index in [4.69, 9.17) is 11.6 Å². The molecule has 2 heterocycles. The standard InChI is InChI=1S/C16H17BrClN3O/c17-11-8-12-14(4-5-19-16(12)13(18)9-11)20-10-15(22)21-6-2-1-3-7-21/h4-5,8-9H,1-3,6-7,10H2,(H,19,20). The highest BCUT2D eigenvalue weighted by Crippen LogP contribution is 2.31. The minimum atomic E-state index is 0.144. The van der Waals surface area contributed by atoms with Gasteiger partial charge in [0.05, 0.1) is 17.1 Å². The number of nitrogens with zero attached hydrogens (tertiary/aromatic N) is 2. The van der Waals surface area contributed by atoms with E-state index in [2.05, 4.69) is 26.2 Å². The molecular weight excluding hydrogens is 366 g/mol. The van der Waals surface area contributed by atoms with Crippen molar-refractivity contribution in [2.24, 2.45) is 0 Å². The summed E-state index contributed by atoms with van der Waals surface area (Å²) < 4.78 is 0.892. The maximum atomic E-state index is 12.3. The van der Waals surface area contributed by atoms with Crippen molar-refractivity contribution in [3.8, 4) is 0 Å². The van der Waals surface area contributed by atoms with Crippen LogP contribution < -0.4 is 5.32 Å². The van der Waals surface area contributed by atoms with Crippen LogP contribution in [0.5, 0.6) is 0 Å². The highest BCUT2D eigenvalue weighted by atomic mass is 79.9. The molecule has 0 aliphatic carbocycles. The maximum absolute atomic E-state index is 12.3. The molecule has 0 unspecified atom stereocenters. The zero-order valence-electron chi connectivity index (χ0n) is 12.1. The van der Waals surface area contributed by atoms with Crippen molar-refractivity contribution in [3.63, 3.8) is 0 Å². The van der Waals surface area contributed by atoms with E-state index in [1.165, 1.54) is 6.42 Å². The molecule has 2 aromatic rings. The predicted molar refractivity (Wildman–Crippen MR) is 93.4 cm³/mol. The van der Waals surface area contributed by atoms with Crippen LogP contribution in [0.1, 0.15) is 19.3 Å². The lowest BCUT2D eigenvalue weighted by atomic mass is 10.1. The number of pyridine rings is 1. The fraction of sp³-hybridized carbons (Fsp3) is 0.375. The van der Waals surface area contributed by atoms with Crippen LogP contribution >= 0.6 is 27.5 Å². The number of anilines is 1. The Labute approximate surface area is 143 Å². The number of benzene rings is 1. The molecule has 1 amide bonds. The van der Waals surface area contributed by atoms with E-state index in [0.29, 0.717) is 11.6 Å². The number of carbonyl (C=O) groups is 1. The van der Waals surface area contributed by atoms with E-state index in [-0.39, 0.29) is 5.91 Å². The molecule has 6 heteroatoms. The van der Waals surface area contributed by atoms with Crippen LogP contribution in [-0.4, -0.2) is 35.4 Å². The number of likely N-dealkylation sites (tertiary alicyclic amines) is 1. The number of carbonyl (C=O) groups excluding carboxylic acids is 1. The summed E-state index contributed by atoms with van der Waals surface area (Å²) in [7, 11) is 0. The average Bonchev–Trinajstić information content (AvgIpc) is 2.53. The lowest BCUT2D eigenvalue weighted by Crippen LogP contribution is -2.39. The van der Waals surface area contributed by atoms with Crippen molar-refractivity contribution < 1.29 is 4.79 Å². The summed E-state index contributed by atoms with van der Waals surface area (Å²) in [5, 5.41) is 4.73. The smallest absolute Gasteiger partial charge is 0.241 e. The van der Waals surface area contributed by atoms with Crippen molar-refractivity contribution in [2.45, 2.75) is 19.3 Å². The monoisotopic (exact) mass is 381 g/mol. The first-order valence-electron chi connectivity index (χ1n) is 7.40. The summed E-state index contributed by atoms with van der Waals surface area (Å²) in [4.78, 5) is 18.5. The number of amides is 1. The molecular formula is C16H17BrClN3O. The molecule has 116 valence electrons. The molecule has 0 bridgehead atoms. The van der Waals surface area contributed by atoms with E-state index >= 15 is 0 Å². The Hall–Kier alpha value is -1.33. The first-order valence-corrected chi connectivity index (χ1v) is 8.57. The normalized spacial score (nSPS) is 15.1. The van der Waals surface area contributed by atoms with Crippen LogP contribution in [0.3, 0.4) is 0 Å². The largest absolute Gasteiger partial charge is 0.376 e. The Morgan fingerprint density at radius 1 is 1.32 bits per heavy atom. The Morgan fingerprint density at radius 3 is 2.86 bits per heavy atom. The molecule has 1 N–H and O–H groups in total. The number of aromatic nitrogens is 1. The molecule has 0 atom stereocenters. The number of nitrogens with one attached hydrogen (secondary N) is 1. The van der Waals surface area contributed by atoms with Crippen molar-refractivity contribution in [1.82, 2.24) is 9.88 Å². The molecule has 4 nitrogen and oxygen atoms in total. The zero-order chi connectivity index (χ0) is 15.5. The van der Waals surface area contributed by atoms with Gasteiger partial charge in [-0.3, -0.25) is 9.78 Å². The summed E-state index contributed by atoms with van der Waals surface area (Å²) in [5.74, 6) is 0.144. The van der Waals surface area contributed by atoms with Crippen LogP contribution in [0.4, 0.5) is 5.69 Å². The Kier molecular flexibility index (Phi) is 4.84. The lowest BCUT2D eigenvalue weighted by Gasteiger charge is -2.27. The first kappa shape index (κ1) is 15.6. The van der Waals surface area contributed by atoms with E-state index in [1.54, 1.807) is 6.20 Å². The second-order valence-electron chi connectivity index (χ2n) is 5.44. The number of fused-ring (bicyclic) bond motifs is 1. The minimum Gasteiger partial charge on any atom is -0.376 e. The molecule has 1 aromatic heterocycles. The Balaban J connectivity index is 1.77. The number of piperidine rings is 1. The van der Waals surface area contributed by atoms with Gasteiger partial charge in [-0.25, -0.2) is 0 Å². The Bertz CT molecular complexity index is 701. The molecule has 0 radical (unpaired) electrons. The van der Waals surface area contributed by atoms with Crippen LogP contribution in [0, 0.1) is 0 Å².